The van der Waals surface area contributed by atoms with Gasteiger partial charge >= 0.3 is 0 Å². The molecule has 0 spiro atoms. The molecule has 3 aromatic rings. The van der Waals surface area contributed by atoms with Crippen LogP contribution in [0.4, 0.5) is 21.6 Å². The van der Waals surface area contributed by atoms with Crippen molar-refractivity contribution in [2.24, 2.45) is 5.92 Å². The van der Waals surface area contributed by atoms with Gasteiger partial charge in [0.2, 0.25) is 5.69 Å². The quantitative estimate of drug-likeness (QED) is 0.439. The molecule has 1 aromatic heterocycles. The summed E-state index contributed by atoms with van der Waals surface area (Å²) in [6.45, 7) is 10.4. The van der Waals surface area contributed by atoms with Crippen LogP contribution in [0.5, 0.6) is 0 Å². The van der Waals surface area contributed by atoms with Crippen LogP contribution in [0.3, 0.4) is 0 Å². The van der Waals surface area contributed by atoms with Gasteiger partial charge in [0.1, 0.15) is 18.0 Å². The zero-order chi connectivity index (χ0) is 24.5. The molecule has 4 rings (SSSR count). The first-order chi connectivity index (χ1) is 16.2. The van der Waals surface area contributed by atoms with Crippen LogP contribution in [-0.2, 0) is 10.2 Å². The maximum Gasteiger partial charge on any atom is 0.299 e. The van der Waals surface area contributed by atoms with Gasteiger partial charge in [-0.15, -0.1) is 0 Å². The molecule has 1 fully saturated rings. The van der Waals surface area contributed by atoms with Crippen LogP contribution in [0.2, 0.25) is 10.0 Å². The van der Waals surface area contributed by atoms with Crippen LogP contribution in [0.1, 0.15) is 18.4 Å². The zero-order valence-corrected chi connectivity index (χ0v) is 20.5. The first kappa shape index (κ1) is 24.4. The minimum atomic E-state index is -3.91. The normalized spacial score (nSPS) is 16.4. The highest BCUT2D eigenvalue weighted by molar-refractivity contribution is 7.90. The molecule has 0 saturated carbocycles. The Balaban J connectivity index is 1.48. The number of aromatic nitrogens is 2. The number of benzene rings is 2. The zero-order valence-electron chi connectivity index (χ0n) is 18.1. The molecule has 34 heavy (non-hydrogen) atoms. The number of aryl methyl sites for hydroxylation is 1. The summed E-state index contributed by atoms with van der Waals surface area (Å²) >= 11 is 12.3. The fraction of sp³-hybridized carbons (Fsp3) is 0.318. The smallest absolute Gasteiger partial charge is 0.299 e. The predicted octanol–water partition coefficient (Wildman–Crippen LogP) is 5.10. The largest absolute Gasteiger partial charge is 0.356 e. The van der Waals surface area contributed by atoms with Gasteiger partial charge < -0.3 is 4.90 Å². The first-order valence-corrected chi connectivity index (χ1v) is 12.7. The van der Waals surface area contributed by atoms with E-state index in [1.165, 1.54) is 18.5 Å². The Hall–Kier alpha value is -2.71. The summed E-state index contributed by atoms with van der Waals surface area (Å²) in [5, 5.41) is 1.01. The molecule has 1 saturated heterocycles. The van der Waals surface area contributed by atoms with Crippen LogP contribution >= 0.6 is 23.2 Å². The van der Waals surface area contributed by atoms with Gasteiger partial charge in [0.25, 0.3) is 10.2 Å². The van der Waals surface area contributed by atoms with E-state index in [9.17, 15) is 12.8 Å². The molecule has 2 aromatic carbocycles. The van der Waals surface area contributed by atoms with Crippen molar-refractivity contribution < 1.29 is 12.8 Å². The van der Waals surface area contributed by atoms with E-state index in [-0.39, 0.29) is 33.9 Å². The Morgan fingerprint density at radius 3 is 2.68 bits per heavy atom. The molecule has 1 aliphatic rings. The van der Waals surface area contributed by atoms with Crippen LogP contribution < -0.4 is 14.3 Å². The number of anilines is 2. The Kier molecular flexibility index (Phi) is 7.09. The summed E-state index contributed by atoms with van der Waals surface area (Å²) < 4.78 is 44.2. The van der Waals surface area contributed by atoms with Crippen LogP contribution in [-0.4, -0.2) is 38.0 Å². The standard InChI is InChI=1S/C22H21Cl2FN6O2S/c1-13-6-16(23)21(17(24)7-13)30-34(32,33)29-10-14-4-3-5-31(11-14)22-15-8-20(26-2)18(25)9-19(15)27-12-28-22/h6-9,12,14,29-30H,3-5,10-11H2,1H3. The molecule has 1 aliphatic heterocycles. The molecule has 0 amide bonds. The number of hydrogen-bond donors (Lipinski definition) is 2. The fourth-order valence-electron chi connectivity index (χ4n) is 4.01. The summed E-state index contributed by atoms with van der Waals surface area (Å²) in [6.07, 6.45) is 2.99. The fourth-order valence-corrected chi connectivity index (χ4v) is 5.83. The molecule has 0 radical (unpaired) electrons. The second-order valence-corrected chi connectivity index (χ2v) is 10.5. The minimum Gasteiger partial charge on any atom is -0.356 e. The van der Waals surface area contributed by atoms with Crippen LogP contribution in [0, 0.1) is 25.2 Å². The lowest BCUT2D eigenvalue weighted by molar-refractivity contribution is 0.410. The van der Waals surface area contributed by atoms with E-state index in [2.05, 4.69) is 24.3 Å². The summed E-state index contributed by atoms with van der Waals surface area (Å²) in [5.74, 6) is -0.0294. The topological polar surface area (TPSA) is 91.6 Å². The van der Waals surface area contributed by atoms with Crippen molar-refractivity contribution in [3.8, 4) is 0 Å². The third-order valence-corrected chi connectivity index (χ3v) is 7.22. The highest BCUT2D eigenvalue weighted by Gasteiger charge is 2.25. The average Bonchev–Trinajstić information content (AvgIpc) is 2.79. The SMILES string of the molecule is [C-]#[N+]c1cc2c(N3CCCC(CNS(=O)(=O)Nc4c(Cl)cc(C)cc4Cl)C3)ncnc2cc1F. The van der Waals surface area contributed by atoms with Crippen molar-refractivity contribution in [1.29, 1.82) is 0 Å². The molecular formula is C22H21Cl2FN6O2S. The number of piperidine rings is 1. The third kappa shape index (κ3) is 5.33. The molecule has 12 heteroatoms. The molecule has 0 aliphatic carbocycles. The van der Waals surface area contributed by atoms with Crippen molar-refractivity contribution in [2.75, 3.05) is 29.3 Å². The lowest BCUT2D eigenvalue weighted by Gasteiger charge is -2.34. The van der Waals surface area contributed by atoms with Gasteiger partial charge in [-0.05, 0) is 55.5 Å². The van der Waals surface area contributed by atoms with E-state index in [0.29, 0.717) is 29.8 Å². The number of nitrogens with zero attached hydrogens (tertiary/aromatic N) is 4. The van der Waals surface area contributed by atoms with Gasteiger partial charge in [-0.3, -0.25) is 4.72 Å². The number of nitrogens with one attached hydrogen (secondary N) is 2. The second-order valence-electron chi connectivity index (χ2n) is 8.14. The number of hydrogen-bond acceptors (Lipinski definition) is 5. The molecule has 8 nitrogen and oxygen atoms in total. The van der Waals surface area contributed by atoms with E-state index >= 15 is 0 Å². The van der Waals surface area contributed by atoms with E-state index in [1.807, 2.05) is 11.8 Å². The van der Waals surface area contributed by atoms with Crippen LogP contribution in [0.15, 0.2) is 30.6 Å². The Morgan fingerprint density at radius 1 is 1.24 bits per heavy atom. The number of halogens is 3. The summed E-state index contributed by atoms with van der Waals surface area (Å²) in [6, 6.07) is 5.94. The van der Waals surface area contributed by atoms with E-state index in [1.54, 1.807) is 12.1 Å². The van der Waals surface area contributed by atoms with Gasteiger partial charge in [-0.2, -0.15) is 13.1 Å². The molecule has 2 heterocycles. The van der Waals surface area contributed by atoms with E-state index in [4.69, 9.17) is 29.8 Å². The van der Waals surface area contributed by atoms with Gasteiger partial charge in [0.15, 0.2) is 0 Å². The van der Waals surface area contributed by atoms with Gasteiger partial charge in [0, 0.05) is 25.0 Å². The summed E-state index contributed by atoms with van der Waals surface area (Å²) in [7, 11) is -3.91. The Morgan fingerprint density at radius 2 is 1.97 bits per heavy atom. The summed E-state index contributed by atoms with van der Waals surface area (Å²) in [5.41, 5.74) is 1.26. The van der Waals surface area contributed by atoms with E-state index in [0.717, 1.165) is 18.4 Å². The number of rotatable bonds is 6. The average molecular weight is 523 g/mol. The van der Waals surface area contributed by atoms with Crippen molar-refractivity contribution in [3.05, 3.63) is 63.4 Å². The molecule has 1 atom stereocenters. The van der Waals surface area contributed by atoms with Crippen molar-refractivity contribution in [3.63, 3.8) is 0 Å². The summed E-state index contributed by atoms with van der Waals surface area (Å²) in [4.78, 5) is 13.7. The second kappa shape index (κ2) is 9.88. The highest BCUT2D eigenvalue weighted by Crippen LogP contribution is 2.33. The minimum absolute atomic E-state index is 0.0000772. The molecule has 178 valence electrons. The lowest BCUT2D eigenvalue weighted by Crippen LogP contribution is -2.42. The lowest BCUT2D eigenvalue weighted by atomic mass is 9.98. The van der Waals surface area contributed by atoms with Crippen molar-refractivity contribution >= 4 is 61.5 Å². The molecule has 1 unspecified atom stereocenters. The number of fused-ring (bicyclic) bond motifs is 1. The predicted molar refractivity (Wildman–Crippen MR) is 132 cm³/mol. The maximum atomic E-state index is 14.0. The van der Waals surface area contributed by atoms with Crippen molar-refractivity contribution in [1.82, 2.24) is 14.7 Å². The Labute approximate surface area is 207 Å². The monoisotopic (exact) mass is 522 g/mol. The first-order valence-electron chi connectivity index (χ1n) is 10.5. The van der Waals surface area contributed by atoms with Crippen LogP contribution in [0.25, 0.3) is 15.7 Å². The molecular weight excluding hydrogens is 502 g/mol. The third-order valence-electron chi connectivity index (χ3n) is 5.61. The molecule has 0 bridgehead atoms. The maximum absolute atomic E-state index is 14.0. The van der Waals surface area contributed by atoms with Gasteiger partial charge in [-0.1, -0.05) is 23.2 Å². The Bertz CT molecular complexity index is 1370. The molecule has 2 N–H and O–H groups in total. The highest BCUT2D eigenvalue weighted by atomic mass is 35.5. The van der Waals surface area contributed by atoms with Crippen molar-refractivity contribution in [2.45, 2.75) is 19.8 Å². The van der Waals surface area contributed by atoms with Gasteiger partial charge in [-0.25, -0.2) is 19.2 Å². The van der Waals surface area contributed by atoms with E-state index < -0.39 is 16.0 Å². The van der Waals surface area contributed by atoms with Gasteiger partial charge in [0.05, 0.1) is 27.8 Å².